The van der Waals surface area contributed by atoms with E-state index < -0.39 is 10.8 Å². The van der Waals surface area contributed by atoms with E-state index in [0.29, 0.717) is 27.8 Å². The first kappa shape index (κ1) is 22.0. The number of ether oxygens (including phenoxy) is 3. The fourth-order valence-corrected chi connectivity index (χ4v) is 4.33. The van der Waals surface area contributed by atoms with Gasteiger partial charge in [-0.1, -0.05) is 12.1 Å². The molecule has 0 aliphatic heterocycles. The van der Waals surface area contributed by atoms with Crippen molar-refractivity contribution in [2.24, 2.45) is 0 Å². The van der Waals surface area contributed by atoms with Gasteiger partial charge < -0.3 is 19.5 Å². The van der Waals surface area contributed by atoms with Gasteiger partial charge in [-0.25, -0.2) is 4.98 Å². The number of amides is 1. The van der Waals surface area contributed by atoms with Gasteiger partial charge in [0, 0.05) is 23.3 Å². The molecular weight excluding hydrogens is 446 g/mol. The van der Waals surface area contributed by atoms with Crippen molar-refractivity contribution in [1.29, 1.82) is 0 Å². The number of benzene rings is 3. The second kappa shape index (κ2) is 9.13. The van der Waals surface area contributed by atoms with Crippen LogP contribution in [0.5, 0.6) is 17.2 Å². The zero-order valence-corrected chi connectivity index (χ0v) is 18.8. The number of hydrogen-bond donors (Lipinski definition) is 1. The molecule has 33 heavy (non-hydrogen) atoms. The van der Waals surface area contributed by atoms with Crippen LogP contribution in [-0.4, -0.2) is 37.1 Å². The average molecular weight is 465 g/mol. The van der Waals surface area contributed by atoms with Crippen molar-refractivity contribution in [2.45, 2.75) is 0 Å². The van der Waals surface area contributed by atoms with Crippen LogP contribution in [0, 0.1) is 10.1 Å². The molecule has 10 heteroatoms. The summed E-state index contributed by atoms with van der Waals surface area (Å²) in [5.41, 5.74) is 1.72. The van der Waals surface area contributed by atoms with Crippen molar-refractivity contribution in [1.82, 2.24) is 4.98 Å². The van der Waals surface area contributed by atoms with E-state index in [1.54, 1.807) is 6.07 Å². The zero-order chi connectivity index (χ0) is 23.5. The quantitative estimate of drug-likeness (QED) is 0.297. The first-order valence-electron chi connectivity index (χ1n) is 9.71. The number of fused-ring (bicyclic) bond motifs is 1. The minimum Gasteiger partial charge on any atom is -0.493 e. The van der Waals surface area contributed by atoms with Crippen LogP contribution in [0.25, 0.3) is 20.8 Å². The number of carbonyl (C=O) groups is 1. The third-order valence-electron chi connectivity index (χ3n) is 4.91. The zero-order valence-electron chi connectivity index (χ0n) is 17.9. The Kier molecular flexibility index (Phi) is 6.09. The van der Waals surface area contributed by atoms with Crippen molar-refractivity contribution in [3.8, 4) is 27.8 Å². The lowest BCUT2D eigenvalue weighted by atomic mass is 10.1. The average Bonchev–Trinajstić information content (AvgIpc) is 3.26. The fraction of sp³-hybridized carbons (Fsp3) is 0.130. The number of non-ortho nitro benzene ring substituents is 1. The predicted molar refractivity (Wildman–Crippen MR) is 126 cm³/mol. The first-order valence-corrected chi connectivity index (χ1v) is 10.5. The molecule has 9 nitrogen and oxygen atoms in total. The topological polar surface area (TPSA) is 113 Å². The van der Waals surface area contributed by atoms with Gasteiger partial charge in [0.05, 0.1) is 42.2 Å². The molecule has 4 aromatic rings. The molecule has 0 aliphatic carbocycles. The Morgan fingerprint density at radius 1 is 1.00 bits per heavy atom. The molecule has 0 saturated carbocycles. The highest BCUT2D eigenvalue weighted by Gasteiger charge is 2.20. The van der Waals surface area contributed by atoms with Crippen molar-refractivity contribution >= 4 is 38.8 Å². The van der Waals surface area contributed by atoms with Gasteiger partial charge in [-0.2, -0.15) is 0 Å². The monoisotopic (exact) mass is 465 g/mol. The number of carbonyl (C=O) groups excluding carboxylic acids is 1. The normalized spacial score (nSPS) is 10.6. The Hall–Kier alpha value is -4.18. The smallest absolute Gasteiger partial charge is 0.271 e. The van der Waals surface area contributed by atoms with E-state index in [9.17, 15) is 14.9 Å². The molecule has 0 bridgehead atoms. The van der Waals surface area contributed by atoms with Gasteiger partial charge in [0.15, 0.2) is 11.5 Å². The number of hydrogen-bond acceptors (Lipinski definition) is 8. The third-order valence-corrected chi connectivity index (χ3v) is 5.98. The summed E-state index contributed by atoms with van der Waals surface area (Å²) in [6.45, 7) is 0. The van der Waals surface area contributed by atoms with Crippen LogP contribution in [-0.2, 0) is 0 Å². The number of rotatable bonds is 7. The molecule has 1 heterocycles. The van der Waals surface area contributed by atoms with Gasteiger partial charge in [-0.15, -0.1) is 11.3 Å². The number of anilines is 1. The number of nitrogens with zero attached hydrogens (tertiary/aromatic N) is 2. The van der Waals surface area contributed by atoms with Crippen LogP contribution in [0.3, 0.4) is 0 Å². The maximum Gasteiger partial charge on any atom is 0.271 e. The third kappa shape index (κ3) is 4.28. The summed E-state index contributed by atoms with van der Waals surface area (Å²) in [7, 11) is 4.36. The van der Waals surface area contributed by atoms with Crippen LogP contribution in [0.1, 0.15) is 10.4 Å². The van der Waals surface area contributed by atoms with Crippen LogP contribution in [0.4, 0.5) is 11.4 Å². The number of aromatic nitrogens is 1. The maximum absolute atomic E-state index is 13.1. The van der Waals surface area contributed by atoms with E-state index in [0.717, 1.165) is 10.2 Å². The highest BCUT2D eigenvalue weighted by molar-refractivity contribution is 7.21. The second-order valence-corrected chi connectivity index (χ2v) is 7.87. The molecule has 168 valence electrons. The SMILES string of the molecule is COc1cc(C(=O)Nc2cc([N+](=O)[O-])ccc2-c2nc3ccccc3s2)cc(OC)c1OC. The lowest BCUT2D eigenvalue weighted by Crippen LogP contribution is -2.13. The summed E-state index contributed by atoms with van der Waals surface area (Å²) in [5.74, 6) is 0.471. The molecular formula is C23H19N3O6S. The van der Waals surface area contributed by atoms with E-state index in [2.05, 4.69) is 10.3 Å². The second-order valence-electron chi connectivity index (χ2n) is 6.84. The molecule has 1 N–H and O–H groups in total. The van der Waals surface area contributed by atoms with E-state index in [-0.39, 0.29) is 16.9 Å². The van der Waals surface area contributed by atoms with E-state index in [4.69, 9.17) is 14.2 Å². The van der Waals surface area contributed by atoms with E-state index >= 15 is 0 Å². The van der Waals surface area contributed by atoms with Crippen LogP contribution in [0.15, 0.2) is 54.6 Å². The van der Waals surface area contributed by atoms with Crippen LogP contribution >= 0.6 is 11.3 Å². The predicted octanol–water partition coefficient (Wildman–Crippen LogP) is 5.15. The Morgan fingerprint density at radius 2 is 1.70 bits per heavy atom. The summed E-state index contributed by atoms with van der Waals surface area (Å²) in [6.07, 6.45) is 0. The molecule has 0 aliphatic rings. The molecule has 4 rings (SSSR count). The van der Waals surface area contributed by atoms with Gasteiger partial charge in [-0.05, 0) is 30.3 Å². The molecule has 0 saturated heterocycles. The molecule has 1 amide bonds. The minimum atomic E-state index is -0.517. The van der Waals surface area contributed by atoms with Crippen molar-refractivity contribution < 1.29 is 23.9 Å². The standard InChI is InChI=1S/C23H19N3O6S/c1-30-18-10-13(11-19(31-2)21(18)32-3)22(27)24-17-12-14(26(28)29)8-9-15(17)23-25-16-6-4-5-7-20(16)33-23/h4-12H,1-3H3,(H,24,27). The molecule has 0 fully saturated rings. The largest absolute Gasteiger partial charge is 0.493 e. The van der Waals surface area contributed by atoms with Crippen LogP contribution < -0.4 is 19.5 Å². The van der Waals surface area contributed by atoms with E-state index in [1.165, 1.54) is 56.9 Å². The molecule has 0 unspecified atom stereocenters. The first-order chi connectivity index (χ1) is 15.9. The number of methoxy groups -OCH3 is 3. The summed E-state index contributed by atoms with van der Waals surface area (Å²) < 4.78 is 16.9. The molecule has 0 spiro atoms. The van der Waals surface area contributed by atoms with Gasteiger partial charge in [0.25, 0.3) is 11.6 Å². The van der Waals surface area contributed by atoms with E-state index in [1.807, 2.05) is 24.3 Å². The Labute approximate surface area is 192 Å². The fourth-order valence-electron chi connectivity index (χ4n) is 3.33. The van der Waals surface area contributed by atoms with Crippen molar-refractivity contribution in [2.75, 3.05) is 26.6 Å². The number of thiazole rings is 1. The molecule has 3 aromatic carbocycles. The van der Waals surface area contributed by atoms with Crippen molar-refractivity contribution in [3.05, 3.63) is 70.3 Å². The molecule has 1 aromatic heterocycles. The lowest BCUT2D eigenvalue weighted by Gasteiger charge is -2.15. The van der Waals surface area contributed by atoms with Crippen LogP contribution in [0.2, 0.25) is 0 Å². The van der Waals surface area contributed by atoms with Crippen molar-refractivity contribution in [3.63, 3.8) is 0 Å². The molecule has 0 radical (unpaired) electrons. The Bertz CT molecular complexity index is 1310. The summed E-state index contributed by atoms with van der Waals surface area (Å²) in [6, 6.07) is 14.9. The maximum atomic E-state index is 13.1. The lowest BCUT2D eigenvalue weighted by molar-refractivity contribution is -0.384. The summed E-state index contributed by atoms with van der Waals surface area (Å²) in [5, 5.41) is 14.8. The number of nitro benzene ring substituents is 1. The highest BCUT2D eigenvalue weighted by atomic mass is 32.1. The van der Waals surface area contributed by atoms with Gasteiger partial charge in [0.2, 0.25) is 5.75 Å². The van der Waals surface area contributed by atoms with Gasteiger partial charge in [0.1, 0.15) is 5.01 Å². The molecule has 0 atom stereocenters. The van der Waals surface area contributed by atoms with Gasteiger partial charge in [-0.3, -0.25) is 14.9 Å². The number of nitrogens with one attached hydrogen (secondary N) is 1. The number of nitro groups is 1. The van der Waals surface area contributed by atoms with Gasteiger partial charge >= 0.3 is 0 Å². The summed E-state index contributed by atoms with van der Waals surface area (Å²) in [4.78, 5) is 28.6. The Balaban J connectivity index is 1.77. The summed E-state index contributed by atoms with van der Waals surface area (Å²) >= 11 is 1.43. The Morgan fingerprint density at radius 3 is 2.30 bits per heavy atom. The highest BCUT2D eigenvalue weighted by Crippen LogP contribution is 2.39. The minimum absolute atomic E-state index is 0.153. The number of para-hydroxylation sites is 1.